The Kier molecular flexibility index (Phi) is 5.33. The second kappa shape index (κ2) is 6.80. The quantitative estimate of drug-likeness (QED) is 0.383. The van der Waals surface area contributed by atoms with Crippen LogP contribution in [0.15, 0.2) is 0 Å². The Balaban J connectivity index is 3.02. The third kappa shape index (κ3) is 3.19. The van der Waals surface area contributed by atoms with Crippen LogP contribution >= 0.6 is 0 Å². The molecule has 0 radical (unpaired) electrons. The van der Waals surface area contributed by atoms with Gasteiger partial charge < -0.3 is 0 Å². The maximum absolute atomic E-state index is 14.4. The fourth-order valence-corrected chi connectivity index (χ4v) is 2.88. The molecule has 0 atom stereocenters. The normalized spacial score (nSPS) is 12.2. The molecule has 0 aliphatic heterocycles. The van der Waals surface area contributed by atoms with Gasteiger partial charge in [0.25, 0.3) is 0 Å². The van der Waals surface area contributed by atoms with E-state index < -0.39 is 80.1 Å². The van der Waals surface area contributed by atoms with E-state index in [9.17, 15) is 35.1 Å². The maximum atomic E-state index is 14.4. The highest BCUT2D eigenvalue weighted by Crippen LogP contribution is 2.41. The lowest BCUT2D eigenvalue weighted by Gasteiger charge is -2.23. The number of hydrogen-bond acceptors (Lipinski definition) is 0. The van der Waals surface area contributed by atoms with Gasteiger partial charge in [-0.1, -0.05) is 34.6 Å². The lowest BCUT2D eigenvalue weighted by atomic mass is 9.84. The van der Waals surface area contributed by atoms with Gasteiger partial charge in [-0.3, -0.25) is 0 Å². The minimum absolute atomic E-state index is 0.984. The van der Waals surface area contributed by atoms with Crippen molar-refractivity contribution in [2.75, 3.05) is 0 Å². The monoisotopic (exact) mass is 396 g/mol. The van der Waals surface area contributed by atoms with E-state index in [4.69, 9.17) is 0 Å². The van der Waals surface area contributed by atoms with Gasteiger partial charge in [-0.2, -0.15) is 0 Å². The fourth-order valence-electron chi connectivity index (χ4n) is 2.88. The second-order valence-corrected chi connectivity index (χ2v) is 7.46. The molecule has 148 valence electrons. The predicted octanol–water partition coefficient (Wildman–Crippen LogP) is 6.89. The highest BCUT2D eigenvalue weighted by molar-refractivity contribution is 5.68. The Morgan fingerprint density at radius 2 is 0.815 bits per heavy atom. The Hall–Kier alpha value is -2.12. The van der Waals surface area contributed by atoms with Gasteiger partial charge in [0.05, 0.1) is 11.1 Å². The summed E-state index contributed by atoms with van der Waals surface area (Å²) in [5.41, 5.74) is -7.07. The molecular weight excluding hydrogens is 380 g/mol. The van der Waals surface area contributed by atoms with Crippen LogP contribution in [0.1, 0.15) is 51.7 Å². The van der Waals surface area contributed by atoms with Crippen molar-refractivity contribution in [1.82, 2.24) is 0 Å². The van der Waals surface area contributed by atoms with Gasteiger partial charge in [-0.25, -0.2) is 35.1 Å². The summed E-state index contributed by atoms with van der Waals surface area (Å²) in [5.74, 6) is -17.2. The molecule has 0 heterocycles. The summed E-state index contributed by atoms with van der Waals surface area (Å²) in [6.07, 6.45) is 0. The summed E-state index contributed by atoms with van der Waals surface area (Å²) in [5, 5.41) is 0. The Morgan fingerprint density at radius 1 is 0.519 bits per heavy atom. The van der Waals surface area contributed by atoms with Crippen molar-refractivity contribution in [3.8, 4) is 11.1 Å². The standard InChI is InChI=1S/C19H16F8/c1-6(2)7-11(20)13(22)8(14(23)12(7)21)9-15(24)17(26)10(19(3,4)5)18(27)16(9)25/h6H,1-5H3. The number of halogens is 8. The van der Waals surface area contributed by atoms with Crippen molar-refractivity contribution < 1.29 is 35.1 Å². The van der Waals surface area contributed by atoms with Crippen molar-refractivity contribution in [2.24, 2.45) is 0 Å². The van der Waals surface area contributed by atoms with E-state index in [1.54, 1.807) is 0 Å². The van der Waals surface area contributed by atoms with Crippen molar-refractivity contribution in [3.63, 3.8) is 0 Å². The average molecular weight is 396 g/mol. The van der Waals surface area contributed by atoms with E-state index >= 15 is 0 Å². The third-order valence-electron chi connectivity index (χ3n) is 4.14. The van der Waals surface area contributed by atoms with Gasteiger partial charge in [0.2, 0.25) is 0 Å². The predicted molar refractivity (Wildman–Crippen MR) is 84.3 cm³/mol. The largest absolute Gasteiger partial charge is 0.203 e. The topological polar surface area (TPSA) is 0 Å². The minimum atomic E-state index is -2.15. The van der Waals surface area contributed by atoms with Gasteiger partial charge >= 0.3 is 0 Å². The van der Waals surface area contributed by atoms with Gasteiger partial charge in [-0.05, 0) is 11.3 Å². The molecule has 0 bridgehead atoms. The van der Waals surface area contributed by atoms with Gasteiger partial charge in [0, 0.05) is 11.1 Å². The summed E-state index contributed by atoms with van der Waals surface area (Å²) in [6.45, 7) is 6.23. The van der Waals surface area contributed by atoms with Crippen molar-refractivity contribution in [3.05, 3.63) is 57.7 Å². The molecule has 8 heteroatoms. The number of benzene rings is 2. The highest BCUT2D eigenvalue weighted by atomic mass is 19.2. The lowest BCUT2D eigenvalue weighted by molar-refractivity contribution is 0.402. The van der Waals surface area contributed by atoms with Crippen LogP contribution in [0.25, 0.3) is 11.1 Å². The lowest BCUT2D eigenvalue weighted by Crippen LogP contribution is -2.20. The number of rotatable bonds is 2. The molecule has 0 unspecified atom stereocenters. The second-order valence-electron chi connectivity index (χ2n) is 7.46. The fraction of sp³-hybridized carbons (Fsp3) is 0.368. The zero-order valence-electron chi connectivity index (χ0n) is 15.1. The molecular formula is C19H16F8. The molecule has 0 N–H and O–H groups in total. The van der Waals surface area contributed by atoms with Gasteiger partial charge in [-0.15, -0.1) is 0 Å². The van der Waals surface area contributed by atoms with Crippen LogP contribution < -0.4 is 0 Å². The van der Waals surface area contributed by atoms with E-state index in [-0.39, 0.29) is 0 Å². The summed E-state index contributed by atoms with van der Waals surface area (Å²) in [7, 11) is 0. The van der Waals surface area contributed by atoms with Gasteiger partial charge in [0.1, 0.15) is 0 Å². The smallest absolute Gasteiger partial charge is 0.170 e. The van der Waals surface area contributed by atoms with Crippen LogP contribution in [-0.2, 0) is 5.41 Å². The van der Waals surface area contributed by atoms with E-state index in [0.717, 1.165) is 0 Å². The van der Waals surface area contributed by atoms with Crippen LogP contribution in [0, 0.1) is 46.5 Å². The van der Waals surface area contributed by atoms with Crippen molar-refractivity contribution in [2.45, 2.75) is 46.0 Å². The first-order valence-corrected chi connectivity index (χ1v) is 7.96. The summed E-state index contributed by atoms with van der Waals surface area (Å²) in [6, 6.07) is 0. The van der Waals surface area contributed by atoms with Crippen molar-refractivity contribution >= 4 is 0 Å². The van der Waals surface area contributed by atoms with Crippen LogP contribution in [-0.4, -0.2) is 0 Å². The van der Waals surface area contributed by atoms with E-state index in [1.807, 2.05) is 0 Å². The summed E-state index contributed by atoms with van der Waals surface area (Å²) < 4.78 is 115. The molecule has 0 spiro atoms. The molecule has 0 aromatic heterocycles. The molecule has 2 rings (SSSR count). The summed E-state index contributed by atoms with van der Waals surface area (Å²) >= 11 is 0. The Bertz CT molecular complexity index is 865. The zero-order valence-corrected chi connectivity index (χ0v) is 15.1. The van der Waals surface area contributed by atoms with Crippen LogP contribution in [0.2, 0.25) is 0 Å². The van der Waals surface area contributed by atoms with Gasteiger partial charge in [0.15, 0.2) is 46.5 Å². The molecule has 0 aliphatic rings. The van der Waals surface area contributed by atoms with Crippen LogP contribution in [0.3, 0.4) is 0 Å². The van der Waals surface area contributed by atoms with E-state index in [1.165, 1.54) is 34.6 Å². The Labute approximate surface area is 150 Å². The third-order valence-corrected chi connectivity index (χ3v) is 4.14. The molecule has 2 aromatic rings. The minimum Gasteiger partial charge on any atom is -0.203 e. The molecule has 27 heavy (non-hydrogen) atoms. The van der Waals surface area contributed by atoms with Crippen LogP contribution in [0.4, 0.5) is 35.1 Å². The highest BCUT2D eigenvalue weighted by Gasteiger charge is 2.36. The van der Waals surface area contributed by atoms with E-state index in [0.29, 0.717) is 0 Å². The molecule has 0 saturated heterocycles. The molecule has 0 fully saturated rings. The first-order chi connectivity index (χ1) is 12.2. The molecule has 2 aromatic carbocycles. The van der Waals surface area contributed by atoms with Crippen molar-refractivity contribution in [1.29, 1.82) is 0 Å². The molecule has 0 aliphatic carbocycles. The summed E-state index contributed by atoms with van der Waals surface area (Å²) in [4.78, 5) is 0. The zero-order chi connectivity index (χ0) is 21.0. The van der Waals surface area contributed by atoms with E-state index in [2.05, 4.69) is 0 Å². The first kappa shape index (κ1) is 21.2. The Morgan fingerprint density at radius 3 is 1.07 bits per heavy atom. The molecule has 0 saturated carbocycles. The van der Waals surface area contributed by atoms with Crippen LogP contribution in [0.5, 0.6) is 0 Å². The maximum Gasteiger partial charge on any atom is 0.170 e. The SMILES string of the molecule is CC(C)c1c(F)c(F)c(-c2c(F)c(F)c(C(C)(C)C)c(F)c2F)c(F)c1F. The number of hydrogen-bond donors (Lipinski definition) is 0. The molecule has 0 nitrogen and oxygen atoms in total. The first-order valence-electron chi connectivity index (χ1n) is 7.96. The average Bonchev–Trinajstić information content (AvgIpc) is 2.53. The molecule has 0 amide bonds.